The van der Waals surface area contributed by atoms with Crippen LogP contribution in [0.1, 0.15) is 46.0 Å². The van der Waals surface area contributed by atoms with Crippen molar-refractivity contribution >= 4 is 8.80 Å². The van der Waals surface area contributed by atoms with Crippen LogP contribution in [0, 0.1) is 5.92 Å². The van der Waals surface area contributed by atoms with Gasteiger partial charge >= 0.3 is 8.80 Å². The normalized spacial score (nSPS) is 12.4. The van der Waals surface area contributed by atoms with Crippen LogP contribution >= 0.6 is 0 Å². The third-order valence-corrected chi connectivity index (χ3v) is 5.78. The minimum Gasteiger partial charge on any atom is -0.377 e. The smallest absolute Gasteiger partial charge is 0.377 e. The van der Waals surface area contributed by atoms with Gasteiger partial charge in [0.1, 0.15) is 0 Å². The average Bonchev–Trinajstić information content (AvgIpc) is 2.29. The molecule has 0 rings (SSSR count). The van der Waals surface area contributed by atoms with Gasteiger partial charge in [-0.1, -0.05) is 39.5 Å². The molecule has 0 aromatic carbocycles. The third-order valence-electron chi connectivity index (χ3n) is 2.95. The van der Waals surface area contributed by atoms with E-state index in [1.54, 1.807) is 21.3 Å². The summed E-state index contributed by atoms with van der Waals surface area (Å²) in [5.74, 6) is 0.824. The molecule has 0 spiro atoms. The summed E-state index contributed by atoms with van der Waals surface area (Å²) in [6.07, 6.45) is 6.36. The molecule has 0 aliphatic rings. The van der Waals surface area contributed by atoms with Crippen molar-refractivity contribution in [3.63, 3.8) is 0 Å². The largest absolute Gasteiger partial charge is 0.500 e. The Labute approximate surface area is 102 Å². The zero-order chi connectivity index (χ0) is 12.4. The highest BCUT2D eigenvalue weighted by Gasteiger charge is 2.36. The highest BCUT2D eigenvalue weighted by molar-refractivity contribution is 6.60. The second kappa shape index (κ2) is 9.16. The van der Waals surface area contributed by atoms with Crippen LogP contribution in [0.2, 0.25) is 6.04 Å². The fourth-order valence-corrected chi connectivity index (χ4v) is 3.60. The SMILES string of the molecule is CO[Si](CCCCCCC(C)C)(OC)OC. The lowest BCUT2D eigenvalue weighted by Crippen LogP contribution is -2.42. The monoisotopic (exact) mass is 248 g/mol. The molecule has 0 N–H and O–H groups in total. The van der Waals surface area contributed by atoms with Crippen LogP contribution in [0.25, 0.3) is 0 Å². The predicted molar refractivity (Wildman–Crippen MR) is 69.5 cm³/mol. The Morgan fingerprint density at radius 2 is 1.31 bits per heavy atom. The molecule has 0 aromatic rings. The molecule has 0 bridgehead atoms. The zero-order valence-electron chi connectivity index (χ0n) is 11.5. The quantitative estimate of drug-likeness (QED) is 0.438. The molecule has 3 nitrogen and oxygen atoms in total. The van der Waals surface area contributed by atoms with E-state index in [0.717, 1.165) is 18.4 Å². The van der Waals surface area contributed by atoms with Crippen LogP contribution in [0.4, 0.5) is 0 Å². The topological polar surface area (TPSA) is 27.7 Å². The molecule has 0 fully saturated rings. The van der Waals surface area contributed by atoms with E-state index in [1.165, 1.54) is 25.7 Å². The summed E-state index contributed by atoms with van der Waals surface area (Å²) in [6.45, 7) is 4.55. The van der Waals surface area contributed by atoms with Crippen molar-refractivity contribution in [2.75, 3.05) is 21.3 Å². The van der Waals surface area contributed by atoms with Crippen LogP contribution in [0.5, 0.6) is 0 Å². The maximum Gasteiger partial charge on any atom is 0.500 e. The van der Waals surface area contributed by atoms with Gasteiger partial charge in [-0.2, -0.15) is 0 Å². The van der Waals surface area contributed by atoms with Crippen LogP contribution in [-0.4, -0.2) is 30.1 Å². The van der Waals surface area contributed by atoms with E-state index in [9.17, 15) is 0 Å². The van der Waals surface area contributed by atoms with Gasteiger partial charge in [-0.15, -0.1) is 0 Å². The molecule has 16 heavy (non-hydrogen) atoms. The standard InChI is InChI=1S/C12H28O3Si/c1-12(2)10-8-6-7-9-11-16(13-3,14-4)15-5/h12H,6-11H2,1-5H3. The highest BCUT2D eigenvalue weighted by Crippen LogP contribution is 2.18. The van der Waals surface area contributed by atoms with Gasteiger partial charge in [0.15, 0.2) is 0 Å². The zero-order valence-corrected chi connectivity index (χ0v) is 12.5. The lowest BCUT2D eigenvalue weighted by Gasteiger charge is -2.24. The van der Waals surface area contributed by atoms with Gasteiger partial charge in [-0.05, 0) is 12.3 Å². The molecular formula is C12H28O3Si. The van der Waals surface area contributed by atoms with Gasteiger partial charge in [0.05, 0.1) is 0 Å². The molecule has 0 heterocycles. The van der Waals surface area contributed by atoms with E-state index < -0.39 is 8.80 Å². The fourth-order valence-electron chi connectivity index (χ4n) is 1.80. The Bertz CT molecular complexity index is 150. The molecule has 0 unspecified atom stereocenters. The lowest BCUT2D eigenvalue weighted by atomic mass is 10.0. The summed E-state index contributed by atoms with van der Waals surface area (Å²) < 4.78 is 16.1. The van der Waals surface area contributed by atoms with Crippen molar-refractivity contribution in [2.45, 2.75) is 52.0 Å². The minimum absolute atomic E-state index is 0.824. The van der Waals surface area contributed by atoms with E-state index in [2.05, 4.69) is 13.8 Å². The maximum atomic E-state index is 5.38. The summed E-state index contributed by atoms with van der Waals surface area (Å²) in [7, 11) is 2.74. The van der Waals surface area contributed by atoms with Crippen molar-refractivity contribution in [2.24, 2.45) is 5.92 Å². The highest BCUT2D eigenvalue weighted by atomic mass is 28.4. The number of unbranched alkanes of at least 4 members (excludes halogenated alkanes) is 3. The fraction of sp³-hybridized carbons (Fsp3) is 1.00. The van der Waals surface area contributed by atoms with Crippen molar-refractivity contribution in [1.29, 1.82) is 0 Å². The molecule has 0 aromatic heterocycles. The van der Waals surface area contributed by atoms with Crippen molar-refractivity contribution < 1.29 is 13.3 Å². The minimum atomic E-state index is -2.30. The Kier molecular flexibility index (Phi) is 9.22. The first-order valence-electron chi connectivity index (χ1n) is 6.25. The average molecular weight is 248 g/mol. The number of hydrogen-bond acceptors (Lipinski definition) is 3. The molecule has 0 radical (unpaired) electrons. The van der Waals surface area contributed by atoms with E-state index >= 15 is 0 Å². The van der Waals surface area contributed by atoms with Gasteiger partial charge in [-0.25, -0.2) is 0 Å². The van der Waals surface area contributed by atoms with Crippen molar-refractivity contribution in [3.05, 3.63) is 0 Å². The summed E-state index contributed by atoms with van der Waals surface area (Å²) >= 11 is 0. The van der Waals surface area contributed by atoms with Crippen LogP contribution in [-0.2, 0) is 13.3 Å². The molecule has 0 saturated carbocycles. The molecular weight excluding hydrogens is 220 g/mol. The summed E-state index contributed by atoms with van der Waals surface area (Å²) in [4.78, 5) is 0. The number of hydrogen-bond donors (Lipinski definition) is 0. The van der Waals surface area contributed by atoms with Gasteiger partial charge in [0.2, 0.25) is 0 Å². The van der Waals surface area contributed by atoms with E-state index in [4.69, 9.17) is 13.3 Å². The van der Waals surface area contributed by atoms with Gasteiger partial charge < -0.3 is 13.3 Å². The van der Waals surface area contributed by atoms with E-state index in [0.29, 0.717) is 0 Å². The third kappa shape index (κ3) is 6.63. The first kappa shape index (κ1) is 16.1. The molecule has 4 heteroatoms. The molecule has 0 atom stereocenters. The van der Waals surface area contributed by atoms with Gasteiger partial charge in [-0.3, -0.25) is 0 Å². The van der Waals surface area contributed by atoms with Crippen LogP contribution < -0.4 is 0 Å². The molecule has 0 aliphatic heterocycles. The summed E-state index contributed by atoms with van der Waals surface area (Å²) in [5, 5.41) is 0. The maximum absolute atomic E-state index is 5.38. The Balaban J connectivity index is 3.55. The van der Waals surface area contributed by atoms with Gasteiger partial charge in [0.25, 0.3) is 0 Å². The molecule has 0 aliphatic carbocycles. The van der Waals surface area contributed by atoms with Crippen molar-refractivity contribution in [3.8, 4) is 0 Å². The lowest BCUT2D eigenvalue weighted by molar-refractivity contribution is 0.122. The Hall–Kier alpha value is 0.0969. The second-order valence-electron chi connectivity index (χ2n) is 4.64. The first-order chi connectivity index (χ1) is 7.60. The van der Waals surface area contributed by atoms with E-state index in [-0.39, 0.29) is 0 Å². The van der Waals surface area contributed by atoms with E-state index in [1.807, 2.05) is 0 Å². The summed E-state index contributed by atoms with van der Waals surface area (Å²) in [5.41, 5.74) is 0. The first-order valence-corrected chi connectivity index (χ1v) is 8.19. The predicted octanol–water partition coefficient (Wildman–Crippen LogP) is 3.47. The van der Waals surface area contributed by atoms with Crippen LogP contribution in [0.15, 0.2) is 0 Å². The molecule has 0 saturated heterocycles. The summed E-state index contributed by atoms with van der Waals surface area (Å²) in [6, 6.07) is 0.929. The molecule has 98 valence electrons. The Morgan fingerprint density at radius 3 is 1.75 bits per heavy atom. The number of rotatable bonds is 10. The van der Waals surface area contributed by atoms with Crippen molar-refractivity contribution in [1.82, 2.24) is 0 Å². The van der Waals surface area contributed by atoms with Crippen LogP contribution in [0.3, 0.4) is 0 Å². The second-order valence-corrected chi connectivity index (χ2v) is 7.73. The molecule has 0 amide bonds. The Morgan fingerprint density at radius 1 is 0.812 bits per heavy atom. The van der Waals surface area contributed by atoms with Gasteiger partial charge in [0, 0.05) is 27.4 Å².